The van der Waals surface area contributed by atoms with Crippen molar-refractivity contribution >= 4 is 12.1 Å². The maximum atomic E-state index is 9.22. The summed E-state index contributed by atoms with van der Waals surface area (Å²) >= 11 is 0. The van der Waals surface area contributed by atoms with Gasteiger partial charge in [-0.2, -0.15) is 0 Å². The smallest absolute Gasteiger partial charge is 0.214 e. The van der Waals surface area contributed by atoms with Crippen molar-refractivity contribution < 1.29 is 9.37 Å². The van der Waals surface area contributed by atoms with Crippen LogP contribution in [-0.4, -0.2) is 30.8 Å². The van der Waals surface area contributed by atoms with Gasteiger partial charge in [0.15, 0.2) is 0 Å². The standard InChI is InChI=1S/C7H16N.C2H5NO/c1-4-5-6-7-8(2)3;1-2(3)4/h7H,4-6H2,1-3H3;1H3,(H2,3,4)/q+1;/i1+1,2+1,4+1,8+1;2+1,3+1. The first-order chi connectivity index (χ1) is 5.50. The molecule has 0 atom stereocenters. The van der Waals surface area contributed by atoms with Gasteiger partial charge in [-0.3, -0.25) is 4.79 Å². The van der Waals surface area contributed by atoms with E-state index in [1.807, 2.05) is 0 Å². The molecule has 0 aliphatic heterocycles. The highest BCUT2D eigenvalue weighted by Crippen LogP contribution is 1.88. The Bertz CT molecular complexity index is 133. The Morgan fingerprint density at radius 1 is 1.50 bits per heavy atom. The number of rotatable bonds is 3. The molecule has 3 heteroatoms. The third-order valence-corrected chi connectivity index (χ3v) is 1.05. The monoisotopic (exact) mass is 179 g/mol. The van der Waals surface area contributed by atoms with Crippen molar-refractivity contribution in [2.75, 3.05) is 14.1 Å². The highest BCUT2D eigenvalue weighted by Gasteiger charge is 1.82. The summed E-state index contributed by atoms with van der Waals surface area (Å²) in [6, 6.07) is 0. The molecular weight excluding hydrogens is 158 g/mol. The Kier molecular flexibility index (Phi) is 11.6. The quantitative estimate of drug-likeness (QED) is 0.227. The molecule has 0 heterocycles. The summed E-state index contributed by atoms with van der Waals surface area (Å²) in [4.78, 5) is 9.22. The summed E-state index contributed by atoms with van der Waals surface area (Å²) in [5.41, 5.74) is 4.47. The molecule has 0 fully saturated rings. The SMILES string of the molecule is C[13C]([15NH2])=O.C[15N+]([13CH3])=CCC[13CH2][13CH3]. The average Bonchev–Trinajstić information content (AvgIpc) is 1.86. The van der Waals surface area contributed by atoms with Crippen LogP contribution in [0, 0.1) is 0 Å². The molecule has 0 aliphatic carbocycles. The van der Waals surface area contributed by atoms with E-state index in [4.69, 9.17) is 0 Å². The lowest BCUT2D eigenvalue weighted by molar-refractivity contribution is -0.460. The fraction of sp³-hybridized carbons (Fsp3) is 0.778. The molecule has 12 heavy (non-hydrogen) atoms. The van der Waals surface area contributed by atoms with E-state index >= 15 is 0 Å². The van der Waals surface area contributed by atoms with Gasteiger partial charge in [0.25, 0.3) is 0 Å². The molecule has 72 valence electrons. The van der Waals surface area contributed by atoms with Crippen molar-refractivity contribution in [3.63, 3.8) is 0 Å². The number of nitrogens with zero attached hydrogens (tertiary/aromatic N) is 1. The minimum absolute atomic E-state index is 0.333. The van der Waals surface area contributed by atoms with Crippen molar-refractivity contribution in [3.8, 4) is 0 Å². The average molecular weight is 179 g/mol. The highest BCUT2D eigenvalue weighted by molar-refractivity contribution is 5.70. The molecule has 0 saturated heterocycles. The van der Waals surface area contributed by atoms with Gasteiger partial charge in [-0.15, -0.1) is 0 Å². The third-order valence-electron chi connectivity index (χ3n) is 1.05. The second kappa shape index (κ2) is 10.1. The van der Waals surface area contributed by atoms with Crippen molar-refractivity contribution in [2.45, 2.75) is 33.1 Å². The third kappa shape index (κ3) is 35.3. The van der Waals surface area contributed by atoms with Gasteiger partial charge in [0.05, 0.1) is 0 Å². The molecule has 0 rings (SSSR count). The van der Waals surface area contributed by atoms with Crippen molar-refractivity contribution in [1.82, 2.24) is 0 Å². The molecule has 0 unspecified atom stereocenters. The molecule has 0 aromatic heterocycles. The number of hydrogen-bond acceptors (Lipinski definition) is 1. The number of carbonyl (C=O) groups excluding carboxylic acids is 1. The van der Waals surface area contributed by atoms with Gasteiger partial charge in [0, 0.05) is 13.3 Å². The van der Waals surface area contributed by atoms with Crippen molar-refractivity contribution in [3.05, 3.63) is 0 Å². The van der Waals surface area contributed by atoms with Crippen LogP contribution in [0.3, 0.4) is 0 Å². The molecular formula is C9H21N2O+. The number of amides is 1. The predicted molar refractivity (Wildman–Crippen MR) is 52.6 cm³/mol. The molecule has 0 aromatic rings. The second-order valence-corrected chi connectivity index (χ2v) is 2.90. The largest absolute Gasteiger partial charge is 0.370 e. The number of hydrogen-bond donors (Lipinski definition) is 1. The molecule has 0 radical (unpaired) electrons. The maximum Gasteiger partial charge on any atom is 0.214 e. The predicted octanol–water partition coefficient (Wildman–Crippen LogP) is 1.01. The van der Waals surface area contributed by atoms with Crippen molar-refractivity contribution in [1.29, 1.82) is 0 Å². The van der Waals surface area contributed by atoms with E-state index in [0.717, 1.165) is 0 Å². The van der Waals surface area contributed by atoms with Crippen LogP contribution in [0.5, 0.6) is 0 Å². The van der Waals surface area contributed by atoms with Gasteiger partial charge in [-0.05, 0) is 6.42 Å². The van der Waals surface area contributed by atoms with Crippen LogP contribution in [-0.2, 0) is 4.79 Å². The molecule has 0 saturated carbocycles. The molecule has 0 aliphatic rings. The Labute approximate surface area is 75.3 Å². The minimum atomic E-state index is -0.333. The Morgan fingerprint density at radius 2 is 1.92 bits per heavy atom. The van der Waals surface area contributed by atoms with E-state index in [0.29, 0.717) is 0 Å². The maximum absolute atomic E-state index is 9.22. The van der Waals surface area contributed by atoms with Gasteiger partial charge < -0.3 is 5.73 Å². The van der Waals surface area contributed by atoms with Crippen LogP contribution >= 0.6 is 0 Å². The zero-order chi connectivity index (χ0) is 9.98. The Balaban J connectivity index is 0. The summed E-state index contributed by atoms with van der Waals surface area (Å²) in [5, 5.41) is 0. The van der Waals surface area contributed by atoms with Crippen LogP contribution < -0.4 is 5.73 Å². The molecule has 0 aromatic carbocycles. The van der Waals surface area contributed by atoms with E-state index in [1.54, 1.807) is 0 Å². The zero-order valence-corrected chi connectivity index (χ0v) is 8.63. The lowest BCUT2D eigenvalue weighted by Crippen LogP contribution is -2.01. The summed E-state index contributed by atoms with van der Waals surface area (Å²) in [5.74, 6) is -0.333. The molecule has 2 N–H and O–H groups in total. The van der Waals surface area contributed by atoms with Crippen LogP contribution in [0.1, 0.15) is 33.1 Å². The van der Waals surface area contributed by atoms with E-state index in [9.17, 15) is 4.79 Å². The highest BCUT2D eigenvalue weighted by atomic mass is 16.2. The Hall–Kier alpha value is -0.860. The fourth-order valence-corrected chi connectivity index (χ4v) is 0.554. The van der Waals surface area contributed by atoms with Gasteiger partial charge in [-0.1, -0.05) is 13.3 Å². The zero-order valence-electron chi connectivity index (χ0n) is 8.63. The number of nitrogens with two attached hydrogens (primary N) is 1. The van der Waals surface area contributed by atoms with Crippen LogP contribution in [0.4, 0.5) is 0 Å². The van der Waals surface area contributed by atoms with Crippen LogP contribution in [0.15, 0.2) is 0 Å². The molecule has 3 nitrogen and oxygen atoms in total. The first-order valence-corrected chi connectivity index (χ1v) is 4.26. The van der Waals surface area contributed by atoms with Gasteiger partial charge in [0.2, 0.25) is 5.91 Å². The van der Waals surface area contributed by atoms with Crippen molar-refractivity contribution in [2.24, 2.45) is 5.73 Å². The van der Waals surface area contributed by atoms with E-state index in [-0.39, 0.29) is 5.91 Å². The molecule has 0 spiro atoms. The topological polar surface area (TPSA) is 46.1 Å². The summed E-state index contributed by atoms with van der Waals surface area (Å²) in [6.45, 7) is 3.52. The Morgan fingerprint density at radius 3 is 2.17 bits per heavy atom. The normalized spacial score (nSPS) is 10.2. The molecule has 1 amide bonds. The first-order valence-electron chi connectivity index (χ1n) is 4.26. The van der Waals surface area contributed by atoms with Gasteiger partial charge in [-0.25, -0.2) is 4.58 Å². The fourth-order valence-electron chi connectivity index (χ4n) is 0.554. The van der Waals surface area contributed by atoms with Crippen LogP contribution in [0.25, 0.3) is 0 Å². The summed E-state index contributed by atoms with van der Waals surface area (Å²) in [6.07, 6.45) is 6.05. The summed E-state index contributed by atoms with van der Waals surface area (Å²) in [7, 11) is 4.13. The minimum Gasteiger partial charge on any atom is -0.370 e. The van der Waals surface area contributed by atoms with E-state index in [2.05, 4.69) is 37.5 Å². The number of primary amides is 1. The van der Waals surface area contributed by atoms with E-state index in [1.165, 1.54) is 26.2 Å². The lowest BCUT2D eigenvalue weighted by Gasteiger charge is -1.85. The summed E-state index contributed by atoms with van der Waals surface area (Å²) < 4.78 is 2.11. The van der Waals surface area contributed by atoms with Crippen LogP contribution in [0.2, 0.25) is 0 Å². The molecule has 0 bridgehead atoms. The van der Waals surface area contributed by atoms with E-state index < -0.39 is 0 Å². The van der Waals surface area contributed by atoms with Gasteiger partial charge in [0.1, 0.15) is 20.3 Å². The first kappa shape index (κ1) is 13.7. The lowest BCUT2D eigenvalue weighted by atomic mass is 10.4. The second-order valence-electron chi connectivity index (χ2n) is 2.90. The van der Waals surface area contributed by atoms with Gasteiger partial charge >= 0.3 is 0 Å². The number of unbranched alkanes of at least 4 members (excludes halogenated alkanes) is 2. The number of carbonyl (C=O) groups is 1.